The first kappa shape index (κ1) is 17.5. The van der Waals surface area contributed by atoms with E-state index in [0.29, 0.717) is 6.04 Å². The average Bonchev–Trinajstić information content (AvgIpc) is 2.40. The standard InChI is InChI=1S/C17H28BrNO/c1-4-20-16-11-10-15(17(18)13-16)9-7-5-6-8-12-19-14(2)3/h10-11,13-14,19H,4-9,12H2,1-3H3. The Balaban J connectivity index is 2.18. The molecule has 0 atom stereocenters. The second-order valence-corrected chi connectivity index (χ2v) is 6.31. The summed E-state index contributed by atoms with van der Waals surface area (Å²) in [5.41, 5.74) is 1.38. The highest BCUT2D eigenvalue weighted by Crippen LogP contribution is 2.24. The molecule has 0 saturated carbocycles. The van der Waals surface area contributed by atoms with Gasteiger partial charge in [-0.25, -0.2) is 0 Å². The zero-order valence-corrected chi connectivity index (χ0v) is 14.6. The van der Waals surface area contributed by atoms with Crippen LogP contribution >= 0.6 is 15.9 Å². The predicted molar refractivity (Wildman–Crippen MR) is 90.6 cm³/mol. The van der Waals surface area contributed by atoms with Gasteiger partial charge in [-0.05, 0) is 50.4 Å². The van der Waals surface area contributed by atoms with Gasteiger partial charge in [0, 0.05) is 10.5 Å². The highest BCUT2D eigenvalue weighted by Gasteiger charge is 2.02. The Bertz CT molecular complexity index is 379. The van der Waals surface area contributed by atoms with Crippen LogP contribution in [0.3, 0.4) is 0 Å². The highest BCUT2D eigenvalue weighted by atomic mass is 79.9. The second kappa shape index (κ2) is 10.2. The number of benzene rings is 1. The quantitative estimate of drug-likeness (QED) is 0.608. The van der Waals surface area contributed by atoms with Crippen molar-refractivity contribution in [2.75, 3.05) is 13.2 Å². The zero-order chi connectivity index (χ0) is 14.8. The van der Waals surface area contributed by atoms with Crippen molar-refractivity contribution in [2.24, 2.45) is 0 Å². The maximum Gasteiger partial charge on any atom is 0.120 e. The molecule has 0 bridgehead atoms. The Hall–Kier alpha value is -0.540. The molecule has 1 N–H and O–H groups in total. The number of hydrogen-bond acceptors (Lipinski definition) is 2. The summed E-state index contributed by atoms with van der Waals surface area (Å²) in [5, 5.41) is 3.46. The molecule has 0 aliphatic carbocycles. The molecule has 1 aromatic carbocycles. The maximum absolute atomic E-state index is 5.49. The fraction of sp³-hybridized carbons (Fsp3) is 0.647. The molecule has 114 valence electrons. The monoisotopic (exact) mass is 341 g/mol. The van der Waals surface area contributed by atoms with Gasteiger partial charge >= 0.3 is 0 Å². The smallest absolute Gasteiger partial charge is 0.120 e. The van der Waals surface area contributed by atoms with E-state index >= 15 is 0 Å². The van der Waals surface area contributed by atoms with E-state index in [-0.39, 0.29) is 0 Å². The van der Waals surface area contributed by atoms with E-state index in [2.05, 4.69) is 53.3 Å². The largest absolute Gasteiger partial charge is 0.494 e. The van der Waals surface area contributed by atoms with Crippen LogP contribution in [0.1, 0.15) is 52.0 Å². The van der Waals surface area contributed by atoms with Crippen molar-refractivity contribution in [3.63, 3.8) is 0 Å². The van der Waals surface area contributed by atoms with Crippen molar-refractivity contribution in [3.05, 3.63) is 28.2 Å². The van der Waals surface area contributed by atoms with E-state index in [1.165, 1.54) is 35.7 Å². The molecule has 0 amide bonds. The third-order valence-corrected chi connectivity index (χ3v) is 4.00. The topological polar surface area (TPSA) is 21.3 Å². The number of rotatable bonds is 10. The zero-order valence-electron chi connectivity index (χ0n) is 13.0. The van der Waals surface area contributed by atoms with E-state index in [0.717, 1.165) is 25.3 Å². The summed E-state index contributed by atoms with van der Waals surface area (Å²) in [6, 6.07) is 6.92. The summed E-state index contributed by atoms with van der Waals surface area (Å²) in [5.74, 6) is 0.947. The van der Waals surface area contributed by atoms with E-state index in [9.17, 15) is 0 Å². The van der Waals surface area contributed by atoms with E-state index in [1.807, 2.05) is 6.92 Å². The molecule has 0 aliphatic rings. The van der Waals surface area contributed by atoms with Crippen LogP contribution in [-0.2, 0) is 6.42 Å². The molecule has 0 aliphatic heterocycles. The molecule has 20 heavy (non-hydrogen) atoms. The lowest BCUT2D eigenvalue weighted by molar-refractivity contribution is 0.340. The molecule has 0 radical (unpaired) electrons. The molecule has 1 aromatic rings. The normalized spacial score (nSPS) is 11.1. The van der Waals surface area contributed by atoms with Crippen molar-refractivity contribution >= 4 is 15.9 Å². The fourth-order valence-electron chi connectivity index (χ4n) is 2.17. The van der Waals surface area contributed by atoms with E-state index < -0.39 is 0 Å². The molecule has 0 fully saturated rings. The minimum Gasteiger partial charge on any atom is -0.494 e. The van der Waals surface area contributed by atoms with Gasteiger partial charge in [0.2, 0.25) is 0 Å². The number of aryl methyl sites for hydroxylation is 1. The lowest BCUT2D eigenvalue weighted by atomic mass is 10.1. The van der Waals surface area contributed by atoms with Crippen LogP contribution in [0, 0.1) is 0 Å². The number of nitrogens with one attached hydrogen (secondary N) is 1. The van der Waals surface area contributed by atoms with Gasteiger partial charge < -0.3 is 10.1 Å². The van der Waals surface area contributed by atoms with Crippen LogP contribution in [0.5, 0.6) is 5.75 Å². The molecule has 0 spiro atoms. The van der Waals surface area contributed by atoms with Crippen molar-refractivity contribution in [1.82, 2.24) is 5.32 Å². The van der Waals surface area contributed by atoms with Gasteiger partial charge in [0.1, 0.15) is 5.75 Å². The van der Waals surface area contributed by atoms with Crippen LogP contribution < -0.4 is 10.1 Å². The fourth-order valence-corrected chi connectivity index (χ4v) is 2.73. The first-order valence-electron chi connectivity index (χ1n) is 7.78. The molecule has 0 aromatic heterocycles. The van der Waals surface area contributed by atoms with Gasteiger partial charge in [0.15, 0.2) is 0 Å². The first-order valence-corrected chi connectivity index (χ1v) is 8.57. The van der Waals surface area contributed by atoms with E-state index in [1.54, 1.807) is 0 Å². The molecule has 0 unspecified atom stereocenters. The van der Waals surface area contributed by atoms with Gasteiger partial charge in [0.05, 0.1) is 6.61 Å². The van der Waals surface area contributed by atoms with Crippen LogP contribution in [0.4, 0.5) is 0 Å². The molecule has 2 nitrogen and oxygen atoms in total. The molecule has 0 saturated heterocycles. The summed E-state index contributed by atoms with van der Waals surface area (Å²) in [7, 11) is 0. The van der Waals surface area contributed by atoms with Crippen LogP contribution in [0.15, 0.2) is 22.7 Å². The van der Waals surface area contributed by atoms with Crippen LogP contribution in [-0.4, -0.2) is 19.2 Å². The Morgan fingerprint density at radius 3 is 2.55 bits per heavy atom. The minimum absolute atomic E-state index is 0.606. The Morgan fingerprint density at radius 2 is 1.90 bits per heavy atom. The lowest BCUT2D eigenvalue weighted by Crippen LogP contribution is -2.23. The van der Waals surface area contributed by atoms with Gasteiger partial charge in [-0.2, -0.15) is 0 Å². The summed E-state index contributed by atoms with van der Waals surface area (Å²) in [4.78, 5) is 0. The van der Waals surface area contributed by atoms with E-state index in [4.69, 9.17) is 4.74 Å². The molecule has 0 heterocycles. The highest BCUT2D eigenvalue weighted by molar-refractivity contribution is 9.10. The van der Waals surface area contributed by atoms with Crippen molar-refractivity contribution in [1.29, 1.82) is 0 Å². The van der Waals surface area contributed by atoms with Gasteiger partial charge in [0.25, 0.3) is 0 Å². The summed E-state index contributed by atoms with van der Waals surface area (Å²) >= 11 is 3.64. The number of hydrogen-bond donors (Lipinski definition) is 1. The second-order valence-electron chi connectivity index (χ2n) is 5.46. The summed E-state index contributed by atoms with van der Waals surface area (Å²) in [6.45, 7) is 8.27. The van der Waals surface area contributed by atoms with Gasteiger partial charge in [-0.1, -0.05) is 48.7 Å². The first-order chi connectivity index (χ1) is 9.63. The summed E-state index contributed by atoms with van der Waals surface area (Å²) < 4.78 is 6.67. The lowest BCUT2D eigenvalue weighted by Gasteiger charge is -2.09. The van der Waals surface area contributed by atoms with Crippen molar-refractivity contribution in [2.45, 2.75) is 58.9 Å². The number of halogens is 1. The van der Waals surface area contributed by atoms with Gasteiger partial charge in [-0.15, -0.1) is 0 Å². The SMILES string of the molecule is CCOc1ccc(CCCCCCNC(C)C)c(Br)c1. The third kappa shape index (κ3) is 7.30. The number of unbranched alkanes of at least 4 members (excludes halogenated alkanes) is 3. The molecular formula is C17H28BrNO. The number of ether oxygens (including phenoxy) is 1. The van der Waals surface area contributed by atoms with Crippen LogP contribution in [0.2, 0.25) is 0 Å². The van der Waals surface area contributed by atoms with Crippen molar-refractivity contribution in [3.8, 4) is 5.75 Å². The average molecular weight is 342 g/mol. The Labute approximate surface area is 132 Å². The third-order valence-electron chi connectivity index (χ3n) is 3.26. The summed E-state index contributed by atoms with van der Waals surface area (Å²) in [6.07, 6.45) is 6.30. The Morgan fingerprint density at radius 1 is 1.15 bits per heavy atom. The van der Waals surface area contributed by atoms with Crippen molar-refractivity contribution < 1.29 is 4.74 Å². The minimum atomic E-state index is 0.606. The van der Waals surface area contributed by atoms with Crippen LogP contribution in [0.25, 0.3) is 0 Å². The molecule has 3 heteroatoms. The maximum atomic E-state index is 5.49. The van der Waals surface area contributed by atoms with Gasteiger partial charge in [-0.3, -0.25) is 0 Å². The Kier molecular flexibility index (Phi) is 8.95. The molecular weight excluding hydrogens is 314 g/mol. The molecule has 1 rings (SSSR count). The predicted octanol–water partition coefficient (Wildman–Crippen LogP) is 4.95.